The first kappa shape index (κ1) is 39.8. The summed E-state index contributed by atoms with van der Waals surface area (Å²) in [6.07, 6.45) is 1.90. The molecule has 4 heteroatoms. The predicted molar refractivity (Wildman–Crippen MR) is 261 cm³/mol. The van der Waals surface area contributed by atoms with E-state index in [4.69, 9.17) is 19.9 Å². The van der Waals surface area contributed by atoms with E-state index in [2.05, 4.69) is 217 Å². The van der Waals surface area contributed by atoms with E-state index in [1.54, 1.807) is 0 Å². The molecule has 10 rings (SSSR count). The fourth-order valence-electron chi connectivity index (χ4n) is 9.37. The third-order valence-electron chi connectivity index (χ3n) is 14.3. The molecule has 0 unspecified atom stereocenters. The predicted octanol–water partition coefficient (Wildman–Crippen LogP) is 15.2. The molecule has 2 aromatic heterocycles. The molecule has 0 spiro atoms. The monoisotopic (exact) mass is 814 g/mol. The van der Waals surface area contributed by atoms with Crippen molar-refractivity contribution in [3.63, 3.8) is 0 Å². The first-order valence-corrected chi connectivity index (χ1v) is 21.9. The molecule has 1 aliphatic carbocycles. The van der Waals surface area contributed by atoms with Crippen molar-refractivity contribution < 1.29 is 0 Å². The molecule has 0 amide bonds. The Morgan fingerprint density at radius 3 is 1.10 bits per heavy atom. The smallest absolute Gasteiger partial charge is 0.165 e. The molecule has 0 N–H and O–H groups in total. The second-order valence-electron chi connectivity index (χ2n) is 18.4. The zero-order valence-corrected chi connectivity index (χ0v) is 36.8. The van der Waals surface area contributed by atoms with Gasteiger partial charge in [0.15, 0.2) is 17.5 Å². The molecule has 9 aromatic rings. The second kappa shape index (κ2) is 15.6. The Balaban J connectivity index is 1.05. The third kappa shape index (κ3) is 7.16. The van der Waals surface area contributed by atoms with Gasteiger partial charge in [0.05, 0.1) is 5.69 Å². The van der Waals surface area contributed by atoms with E-state index in [1.165, 1.54) is 33.4 Å². The topological polar surface area (TPSA) is 51.6 Å². The number of nitrogens with zero attached hydrogens (tertiary/aromatic N) is 4. The Bertz CT molecular complexity index is 2980. The quantitative estimate of drug-likeness (QED) is 0.153. The van der Waals surface area contributed by atoms with Crippen LogP contribution in [-0.2, 0) is 10.8 Å². The van der Waals surface area contributed by atoms with E-state index in [0.29, 0.717) is 17.5 Å². The SMILES string of the molecule is CC1(C)c2ccc(-c3ccc(-c4nc(-c5cccc(-c6cccc(-c7ccccc7)c6)c5)nc(-c5cccc(-c6cccc(-c7ccccc7)c6)c5)n4)cn3)cc2C(C)(C)C1(C)C. The van der Waals surface area contributed by atoms with Crippen LogP contribution in [0.25, 0.3) is 89.9 Å². The average molecular weight is 815 g/mol. The van der Waals surface area contributed by atoms with Gasteiger partial charge >= 0.3 is 0 Å². The molecular formula is C59H50N4. The molecule has 0 fully saturated rings. The van der Waals surface area contributed by atoms with Gasteiger partial charge in [-0.3, -0.25) is 4.98 Å². The van der Waals surface area contributed by atoms with Crippen LogP contribution < -0.4 is 0 Å². The van der Waals surface area contributed by atoms with Gasteiger partial charge in [0, 0.05) is 28.5 Å². The Kier molecular flexibility index (Phi) is 9.83. The maximum absolute atomic E-state index is 5.19. The lowest BCUT2D eigenvalue weighted by Crippen LogP contribution is -2.42. The summed E-state index contributed by atoms with van der Waals surface area (Å²) in [7, 11) is 0. The van der Waals surface area contributed by atoms with E-state index in [9.17, 15) is 0 Å². The van der Waals surface area contributed by atoms with E-state index in [0.717, 1.165) is 50.2 Å². The minimum absolute atomic E-state index is 0.00343. The van der Waals surface area contributed by atoms with E-state index < -0.39 is 0 Å². The molecule has 4 nitrogen and oxygen atoms in total. The van der Waals surface area contributed by atoms with Crippen LogP contribution in [0.1, 0.15) is 52.7 Å². The van der Waals surface area contributed by atoms with Crippen molar-refractivity contribution in [2.24, 2.45) is 5.41 Å². The van der Waals surface area contributed by atoms with Crippen LogP contribution in [0.4, 0.5) is 0 Å². The number of pyridine rings is 1. The highest BCUT2D eigenvalue weighted by Gasteiger charge is 2.56. The highest BCUT2D eigenvalue weighted by molar-refractivity contribution is 5.79. The van der Waals surface area contributed by atoms with Gasteiger partial charge in [-0.2, -0.15) is 0 Å². The molecule has 63 heavy (non-hydrogen) atoms. The van der Waals surface area contributed by atoms with Crippen molar-refractivity contribution in [3.05, 3.63) is 205 Å². The average Bonchev–Trinajstić information content (AvgIpc) is 3.44. The summed E-state index contributed by atoms with van der Waals surface area (Å²) in [5.41, 5.74) is 16.8. The van der Waals surface area contributed by atoms with E-state index in [1.807, 2.05) is 18.3 Å². The Morgan fingerprint density at radius 2 is 0.651 bits per heavy atom. The first-order valence-electron chi connectivity index (χ1n) is 21.9. The second-order valence-corrected chi connectivity index (χ2v) is 18.4. The summed E-state index contributed by atoms with van der Waals surface area (Å²) in [5.74, 6) is 1.77. The summed E-state index contributed by atoms with van der Waals surface area (Å²) in [6, 6.07) is 66.4. The molecule has 306 valence electrons. The minimum atomic E-state index is 0.00343. The molecule has 0 atom stereocenters. The van der Waals surface area contributed by atoms with E-state index in [-0.39, 0.29) is 16.2 Å². The molecule has 0 saturated heterocycles. The van der Waals surface area contributed by atoms with E-state index >= 15 is 0 Å². The lowest BCUT2D eigenvalue weighted by atomic mass is 9.59. The van der Waals surface area contributed by atoms with Crippen LogP contribution in [0.2, 0.25) is 0 Å². The molecule has 0 bridgehead atoms. The van der Waals surface area contributed by atoms with Gasteiger partial charge in [0.2, 0.25) is 0 Å². The molecule has 2 heterocycles. The number of aromatic nitrogens is 4. The maximum atomic E-state index is 5.19. The van der Waals surface area contributed by atoms with Crippen LogP contribution in [0.15, 0.2) is 194 Å². The minimum Gasteiger partial charge on any atom is -0.255 e. The van der Waals surface area contributed by atoms with Crippen molar-refractivity contribution in [1.82, 2.24) is 19.9 Å². The van der Waals surface area contributed by atoms with Crippen LogP contribution in [0, 0.1) is 5.41 Å². The summed E-state index contributed by atoms with van der Waals surface area (Å²) in [5, 5.41) is 0. The zero-order chi connectivity index (χ0) is 43.3. The van der Waals surface area contributed by atoms with Crippen LogP contribution >= 0.6 is 0 Å². The number of hydrogen-bond donors (Lipinski definition) is 0. The van der Waals surface area contributed by atoms with Crippen LogP contribution in [0.3, 0.4) is 0 Å². The lowest BCUT2D eigenvalue weighted by molar-refractivity contribution is 0.125. The summed E-state index contributed by atoms with van der Waals surface area (Å²) < 4.78 is 0. The number of rotatable bonds is 8. The fraction of sp³-hybridized carbons (Fsp3) is 0.153. The van der Waals surface area contributed by atoms with Gasteiger partial charge in [-0.15, -0.1) is 0 Å². The molecule has 1 aliphatic rings. The van der Waals surface area contributed by atoms with Gasteiger partial charge in [0.25, 0.3) is 0 Å². The molecule has 0 radical (unpaired) electrons. The van der Waals surface area contributed by atoms with Gasteiger partial charge in [0.1, 0.15) is 0 Å². The normalized spacial score (nSPS) is 14.6. The highest BCUT2D eigenvalue weighted by Crippen LogP contribution is 2.61. The summed E-state index contributed by atoms with van der Waals surface area (Å²) in [4.78, 5) is 20.6. The molecule has 7 aromatic carbocycles. The fourth-order valence-corrected chi connectivity index (χ4v) is 9.37. The lowest BCUT2D eigenvalue weighted by Gasteiger charge is -2.44. The van der Waals surface area contributed by atoms with Crippen molar-refractivity contribution in [2.75, 3.05) is 0 Å². The number of hydrogen-bond acceptors (Lipinski definition) is 4. The Hall–Kier alpha value is -7.30. The van der Waals surface area contributed by atoms with Gasteiger partial charge in [-0.25, -0.2) is 15.0 Å². The first-order chi connectivity index (χ1) is 30.5. The van der Waals surface area contributed by atoms with Crippen molar-refractivity contribution >= 4 is 0 Å². The summed E-state index contributed by atoms with van der Waals surface area (Å²) in [6.45, 7) is 14.3. The summed E-state index contributed by atoms with van der Waals surface area (Å²) >= 11 is 0. The van der Waals surface area contributed by atoms with Crippen molar-refractivity contribution in [1.29, 1.82) is 0 Å². The Morgan fingerprint density at radius 1 is 0.286 bits per heavy atom. The highest BCUT2D eigenvalue weighted by atomic mass is 15.0. The van der Waals surface area contributed by atoms with Crippen molar-refractivity contribution in [2.45, 2.75) is 52.4 Å². The number of benzene rings is 7. The zero-order valence-electron chi connectivity index (χ0n) is 36.8. The molecule has 0 aliphatic heterocycles. The van der Waals surface area contributed by atoms with Crippen molar-refractivity contribution in [3.8, 4) is 89.9 Å². The maximum Gasteiger partial charge on any atom is 0.165 e. The molecule has 0 saturated carbocycles. The van der Waals surface area contributed by atoms with Gasteiger partial charge in [-0.1, -0.05) is 187 Å². The Labute approximate surface area is 371 Å². The van der Waals surface area contributed by atoms with Gasteiger partial charge < -0.3 is 0 Å². The standard InChI is InChI=1S/C59H50N4/c1-57(2)51-31-29-47(37-52(51)58(3,4)59(57,5)6)53-32-30-50(38-60-53)56-62-54(48-27-15-25-45(35-48)43-23-13-21-41(33-43)39-17-9-7-10-18-39)61-55(63-56)49-28-16-26-46(36-49)44-24-14-22-42(34-44)40-19-11-8-12-20-40/h7-38H,1-6H3. The van der Waals surface area contributed by atoms with Crippen LogP contribution in [0.5, 0.6) is 0 Å². The molecular weight excluding hydrogens is 765 g/mol. The van der Waals surface area contributed by atoms with Gasteiger partial charge in [-0.05, 0) is 114 Å². The van der Waals surface area contributed by atoms with Crippen LogP contribution in [-0.4, -0.2) is 19.9 Å². The third-order valence-corrected chi connectivity index (χ3v) is 14.3. The number of fused-ring (bicyclic) bond motifs is 1. The largest absolute Gasteiger partial charge is 0.255 e.